The maximum atomic E-state index is 14.4. The van der Waals surface area contributed by atoms with E-state index < -0.39 is 5.82 Å². The molecule has 9 nitrogen and oxygen atoms in total. The van der Waals surface area contributed by atoms with Gasteiger partial charge < -0.3 is 21.3 Å². The average molecular weight is 427 g/mol. The van der Waals surface area contributed by atoms with Crippen molar-refractivity contribution in [2.45, 2.75) is 31.8 Å². The SMILES string of the molecule is NC(=O)[C@H]1[C@@H](Nc2nc(Nc3cnn(CCN4CCCC4)c3)ncc2F)[C@@H]2C=C[C@@H]1C2. The van der Waals surface area contributed by atoms with E-state index in [1.807, 2.05) is 17.0 Å². The normalized spacial score (nSPS) is 27.1. The molecule has 5 rings (SSSR count). The fourth-order valence-electron chi connectivity index (χ4n) is 5.02. The molecule has 3 aliphatic rings. The van der Waals surface area contributed by atoms with Crippen molar-refractivity contribution in [1.29, 1.82) is 0 Å². The van der Waals surface area contributed by atoms with Crippen LogP contribution in [0.25, 0.3) is 0 Å². The Bertz CT molecular complexity index is 986. The molecule has 31 heavy (non-hydrogen) atoms. The second-order valence-corrected chi connectivity index (χ2v) is 8.60. The number of hydrogen-bond acceptors (Lipinski definition) is 7. The Morgan fingerprint density at radius 2 is 2.00 bits per heavy atom. The first-order chi connectivity index (χ1) is 15.1. The van der Waals surface area contributed by atoms with E-state index in [0.717, 1.165) is 44.5 Å². The molecule has 1 aliphatic heterocycles. The van der Waals surface area contributed by atoms with Crippen LogP contribution in [0.5, 0.6) is 0 Å². The second kappa shape index (κ2) is 8.26. The molecule has 2 fully saturated rings. The molecule has 0 aromatic carbocycles. The summed E-state index contributed by atoms with van der Waals surface area (Å²) >= 11 is 0. The fourth-order valence-corrected chi connectivity index (χ4v) is 5.02. The van der Waals surface area contributed by atoms with Gasteiger partial charge in [-0.05, 0) is 44.2 Å². The minimum Gasteiger partial charge on any atom is -0.369 e. The number of fused-ring (bicyclic) bond motifs is 2. The average Bonchev–Trinajstić information content (AvgIpc) is 3.54. The molecule has 4 atom stereocenters. The molecule has 0 unspecified atom stereocenters. The van der Waals surface area contributed by atoms with Crippen LogP contribution in [0.15, 0.2) is 30.7 Å². The molecule has 10 heteroatoms. The minimum atomic E-state index is -0.568. The third-order valence-electron chi connectivity index (χ3n) is 6.57. The molecule has 1 saturated carbocycles. The number of nitrogens with one attached hydrogen (secondary N) is 2. The Morgan fingerprint density at radius 1 is 1.19 bits per heavy atom. The lowest BCUT2D eigenvalue weighted by Gasteiger charge is -2.27. The largest absolute Gasteiger partial charge is 0.369 e. The van der Waals surface area contributed by atoms with Gasteiger partial charge in [0.1, 0.15) is 0 Å². The number of allylic oxidation sites excluding steroid dienone is 1. The summed E-state index contributed by atoms with van der Waals surface area (Å²) < 4.78 is 16.3. The molecule has 164 valence electrons. The van der Waals surface area contributed by atoms with Gasteiger partial charge in [-0.1, -0.05) is 12.2 Å². The zero-order valence-corrected chi connectivity index (χ0v) is 17.2. The van der Waals surface area contributed by atoms with Crippen molar-refractivity contribution in [3.63, 3.8) is 0 Å². The Labute approximate surface area is 179 Å². The lowest BCUT2D eigenvalue weighted by atomic mass is 9.88. The van der Waals surface area contributed by atoms with E-state index in [9.17, 15) is 9.18 Å². The zero-order chi connectivity index (χ0) is 21.4. The van der Waals surface area contributed by atoms with E-state index in [1.54, 1.807) is 6.20 Å². The molecule has 2 aromatic heterocycles. The molecule has 4 N–H and O–H groups in total. The maximum absolute atomic E-state index is 14.4. The summed E-state index contributed by atoms with van der Waals surface area (Å²) in [5.41, 5.74) is 6.33. The van der Waals surface area contributed by atoms with Gasteiger partial charge in [0.2, 0.25) is 11.9 Å². The number of amides is 1. The Kier molecular flexibility index (Phi) is 5.31. The number of halogens is 1. The third-order valence-corrected chi connectivity index (χ3v) is 6.57. The number of nitrogens with two attached hydrogens (primary N) is 1. The van der Waals surface area contributed by atoms with Crippen LogP contribution in [0, 0.1) is 23.6 Å². The van der Waals surface area contributed by atoms with E-state index in [0.29, 0.717) is 0 Å². The predicted octanol–water partition coefficient (Wildman–Crippen LogP) is 1.74. The van der Waals surface area contributed by atoms with Gasteiger partial charge in [-0.2, -0.15) is 10.1 Å². The highest BCUT2D eigenvalue weighted by Crippen LogP contribution is 2.44. The summed E-state index contributed by atoms with van der Waals surface area (Å²) in [6.45, 7) is 4.09. The lowest BCUT2D eigenvalue weighted by Crippen LogP contribution is -2.41. The minimum absolute atomic E-state index is 0.0659. The Morgan fingerprint density at radius 3 is 2.81 bits per heavy atom. The number of anilines is 3. The number of nitrogens with zero attached hydrogens (tertiary/aromatic N) is 5. The van der Waals surface area contributed by atoms with E-state index in [-0.39, 0.29) is 41.5 Å². The van der Waals surface area contributed by atoms with Crippen LogP contribution in [0.3, 0.4) is 0 Å². The number of likely N-dealkylation sites (tertiary alicyclic amines) is 1. The van der Waals surface area contributed by atoms with Crippen molar-refractivity contribution in [2.24, 2.45) is 23.5 Å². The zero-order valence-electron chi connectivity index (χ0n) is 17.2. The fraction of sp³-hybridized carbons (Fsp3) is 0.524. The highest BCUT2D eigenvalue weighted by Gasteiger charge is 2.47. The van der Waals surface area contributed by atoms with Gasteiger partial charge in [-0.25, -0.2) is 9.37 Å². The van der Waals surface area contributed by atoms with Crippen LogP contribution in [0.2, 0.25) is 0 Å². The van der Waals surface area contributed by atoms with E-state index >= 15 is 0 Å². The van der Waals surface area contributed by atoms with Gasteiger partial charge in [-0.3, -0.25) is 9.48 Å². The first kappa shape index (κ1) is 19.9. The van der Waals surface area contributed by atoms with E-state index in [4.69, 9.17) is 5.73 Å². The number of carbonyl (C=O) groups excluding carboxylic acids is 1. The molecule has 2 aromatic rings. The van der Waals surface area contributed by atoms with Gasteiger partial charge in [0.15, 0.2) is 11.6 Å². The van der Waals surface area contributed by atoms with E-state index in [1.165, 1.54) is 12.8 Å². The standard InChI is InChI=1S/C21H27FN8O/c22-16-11-24-21(26-15-10-25-30(12-15)8-7-29-5-1-2-6-29)28-20(16)27-18-14-4-3-13(9-14)17(18)19(23)31/h3-4,10-14,17-18H,1-2,5-9H2,(H2,23,31)(H2,24,26,27,28)/t13-,14-,17-,18+/m1/s1. The topological polar surface area (TPSA) is 114 Å². The quantitative estimate of drug-likeness (QED) is 0.551. The van der Waals surface area contributed by atoms with Crippen LogP contribution in [-0.4, -0.2) is 56.2 Å². The predicted molar refractivity (Wildman–Crippen MR) is 114 cm³/mol. The number of aromatic nitrogens is 4. The molecule has 2 aliphatic carbocycles. The monoisotopic (exact) mass is 426 g/mol. The van der Waals surface area contributed by atoms with Gasteiger partial charge in [0.05, 0.1) is 30.5 Å². The third kappa shape index (κ3) is 4.12. The summed E-state index contributed by atoms with van der Waals surface area (Å²) in [5, 5.41) is 10.6. The number of carbonyl (C=O) groups is 1. The van der Waals surface area contributed by atoms with Gasteiger partial charge >= 0.3 is 0 Å². The summed E-state index contributed by atoms with van der Waals surface area (Å²) in [4.78, 5) is 22.7. The lowest BCUT2D eigenvalue weighted by molar-refractivity contribution is -0.122. The van der Waals surface area contributed by atoms with Crippen molar-refractivity contribution in [3.05, 3.63) is 36.6 Å². The second-order valence-electron chi connectivity index (χ2n) is 8.60. The van der Waals surface area contributed by atoms with E-state index in [2.05, 4.69) is 36.7 Å². The first-order valence-corrected chi connectivity index (χ1v) is 10.9. The highest BCUT2D eigenvalue weighted by atomic mass is 19.1. The molecule has 2 bridgehead atoms. The molecular weight excluding hydrogens is 399 g/mol. The van der Waals surface area contributed by atoms with Crippen molar-refractivity contribution in [3.8, 4) is 0 Å². The van der Waals surface area contributed by atoms with Crippen LogP contribution in [0.1, 0.15) is 19.3 Å². The summed E-state index contributed by atoms with van der Waals surface area (Å²) in [6.07, 6.45) is 12.2. The van der Waals surface area contributed by atoms with Crippen molar-refractivity contribution < 1.29 is 9.18 Å². The number of rotatable bonds is 8. The molecule has 1 amide bonds. The molecule has 0 spiro atoms. The van der Waals surface area contributed by atoms with Crippen molar-refractivity contribution >= 4 is 23.4 Å². The van der Waals surface area contributed by atoms with Gasteiger partial charge in [-0.15, -0.1) is 0 Å². The van der Waals surface area contributed by atoms with Gasteiger partial charge in [0, 0.05) is 18.8 Å². The van der Waals surface area contributed by atoms with Crippen LogP contribution < -0.4 is 16.4 Å². The summed E-state index contributed by atoms with van der Waals surface area (Å²) in [5.74, 6) is -0.732. The summed E-state index contributed by atoms with van der Waals surface area (Å²) in [6, 6.07) is -0.266. The molecule has 0 radical (unpaired) electrons. The number of primary amides is 1. The van der Waals surface area contributed by atoms with Crippen LogP contribution in [-0.2, 0) is 11.3 Å². The highest BCUT2D eigenvalue weighted by molar-refractivity contribution is 5.79. The Balaban J connectivity index is 1.25. The maximum Gasteiger partial charge on any atom is 0.229 e. The van der Waals surface area contributed by atoms with Crippen LogP contribution in [0.4, 0.5) is 21.8 Å². The number of hydrogen-bond donors (Lipinski definition) is 3. The van der Waals surface area contributed by atoms with Crippen LogP contribution >= 0.6 is 0 Å². The van der Waals surface area contributed by atoms with Gasteiger partial charge in [0.25, 0.3) is 0 Å². The molecule has 3 heterocycles. The first-order valence-electron chi connectivity index (χ1n) is 10.9. The molecular formula is C21H27FN8O. The Hall–Kier alpha value is -3.01. The van der Waals surface area contributed by atoms with Crippen molar-refractivity contribution in [2.75, 3.05) is 30.3 Å². The summed E-state index contributed by atoms with van der Waals surface area (Å²) in [7, 11) is 0. The molecule has 1 saturated heterocycles. The smallest absolute Gasteiger partial charge is 0.229 e. The van der Waals surface area contributed by atoms with Crippen molar-refractivity contribution in [1.82, 2.24) is 24.6 Å².